The zero-order valence-corrected chi connectivity index (χ0v) is 16.4. The number of piperidine rings is 1. The molecule has 0 saturated carbocycles. The SMILES string of the molecule is CC(C(=O)Nc1nnc(CN2CCCCC2)s1)N1C(=O)c2ccccc2C1=O. The second-order valence-electron chi connectivity index (χ2n) is 7.03. The molecule has 9 heteroatoms. The van der Waals surface area contributed by atoms with Gasteiger partial charge >= 0.3 is 0 Å². The first kappa shape index (κ1) is 18.7. The first-order chi connectivity index (χ1) is 13.5. The highest BCUT2D eigenvalue weighted by molar-refractivity contribution is 7.15. The average molecular weight is 399 g/mol. The van der Waals surface area contributed by atoms with Gasteiger partial charge in [-0.1, -0.05) is 29.9 Å². The number of fused-ring (bicyclic) bond motifs is 1. The van der Waals surface area contributed by atoms with Gasteiger partial charge in [-0.15, -0.1) is 10.2 Å². The molecule has 2 aromatic rings. The fourth-order valence-electron chi connectivity index (χ4n) is 3.56. The highest BCUT2D eigenvalue weighted by Gasteiger charge is 2.40. The zero-order chi connectivity index (χ0) is 19.7. The summed E-state index contributed by atoms with van der Waals surface area (Å²) in [7, 11) is 0. The molecule has 2 aliphatic rings. The van der Waals surface area contributed by atoms with E-state index in [9.17, 15) is 14.4 Å². The van der Waals surface area contributed by atoms with Crippen LogP contribution in [0.15, 0.2) is 24.3 Å². The maximum absolute atomic E-state index is 12.6. The van der Waals surface area contributed by atoms with Crippen LogP contribution in [0.2, 0.25) is 0 Å². The highest BCUT2D eigenvalue weighted by Crippen LogP contribution is 2.25. The summed E-state index contributed by atoms with van der Waals surface area (Å²) in [5, 5.41) is 12.1. The summed E-state index contributed by atoms with van der Waals surface area (Å²) in [6.45, 7) is 4.37. The van der Waals surface area contributed by atoms with Crippen LogP contribution in [-0.4, -0.2) is 56.9 Å². The number of nitrogens with one attached hydrogen (secondary N) is 1. The van der Waals surface area contributed by atoms with Crippen molar-refractivity contribution in [2.75, 3.05) is 18.4 Å². The molecule has 1 fully saturated rings. The molecule has 3 heterocycles. The summed E-state index contributed by atoms with van der Waals surface area (Å²) in [4.78, 5) is 41.0. The standard InChI is InChI=1S/C19H21N5O3S/c1-12(24-17(26)13-7-3-4-8-14(13)18(24)27)16(25)20-19-22-21-15(28-19)11-23-9-5-2-6-10-23/h3-4,7-8,12H,2,5-6,9-11H2,1H3,(H,20,22,25). The van der Waals surface area contributed by atoms with E-state index in [0.29, 0.717) is 16.3 Å². The van der Waals surface area contributed by atoms with Crippen molar-refractivity contribution in [3.8, 4) is 0 Å². The Morgan fingerprint density at radius 1 is 1.11 bits per heavy atom. The maximum atomic E-state index is 12.6. The Morgan fingerprint density at radius 2 is 1.75 bits per heavy atom. The molecular weight excluding hydrogens is 378 g/mol. The summed E-state index contributed by atoms with van der Waals surface area (Å²) in [6, 6.07) is 5.64. The van der Waals surface area contributed by atoms with Gasteiger partial charge in [-0.3, -0.25) is 29.5 Å². The van der Waals surface area contributed by atoms with Crippen LogP contribution in [0.1, 0.15) is 51.9 Å². The number of hydrogen-bond donors (Lipinski definition) is 1. The van der Waals surface area contributed by atoms with Crippen LogP contribution in [-0.2, 0) is 11.3 Å². The molecule has 0 bridgehead atoms. The lowest BCUT2D eigenvalue weighted by Crippen LogP contribution is -2.45. The average Bonchev–Trinajstić information content (AvgIpc) is 3.24. The Bertz CT molecular complexity index is 887. The first-order valence-corrected chi connectivity index (χ1v) is 10.2. The number of likely N-dealkylation sites (tertiary alicyclic amines) is 1. The van der Waals surface area contributed by atoms with Gasteiger partial charge in [-0.05, 0) is 45.0 Å². The Labute approximate surface area is 166 Å². The molecule has 4 rings (SSSR count). The number of hydrogen-bond acceptors (Lipinski definition) is 7. The van der Waals surface area contributed by atoms with Crippen LogP contribution in [0.5, 0.6) is 0 Å². The zero-order valence-electron chi connectivity index (χ0n) is 15.6. The summed E-state index contributed by atoms with van der Waals surface area (Å²) < 4.78 is 0. The number of rotatable bonds is 5. The third-order valence-corrected chi connectivity index (χ3v) is 5.92. The van der Waals surface area contributed by atoms with Gasteiger partial charge in [-0.2, -0.15) is 0 Å². The molecule has 1 aromatic heterocycles. The summed E-state index contributed by atoms with van der Waals surface area (Å²) >= 11 is 1.32. The topological polar surface area (TPSA) is 95.5 Å². The van der Waals surface area contributed by atoms with Gasteiger partial charge in [0, 0.05) is 0 Å². The van der Waals surface area contributed by atoms with E-state index in [2.05, 4.69) is 20.4 Å². The molecular formula is C19H21N5O3S. The van der Waals surface area contributed by atoms with Crippen LogP contribution in [0.25, 0.3) is 0 Å². The smallest absolute Gasteiger partial charge is 0.262 e. The second kappa shape index (κ2) is 7.76. The second-order valence-corrected chi connectivity index (χ2v) is 8.09. The van der Waals surface area contributed by atoms with Crippen molar-refractivity contribution in [2.45, 2.75) is 38.8 Å². The van der Waals surface area contributed by atoms with Gasteiger partial charge in [-0.25, -0.2) is 0 Å². The van der Waals surface area contributed by atoms with Crippen LogP contribution < -0.4 is 5.32 Å². The molecule has 8 nitrogen and oxygen atoms in total. The fraction of sp³-hybridized carbons (Fsp3) is 0.421. The Kier molecular flexibility index (Phi) is 5.19. The molecule has 1 saturated heterocycles. The van der Waals surface area contributed by atoms with E-state index in [-0.39, 0.29) is 0 Å². The van der Waals surface area contributed by atoms with Gasteiger partial charge < -0.3 is 0 Å². The molecule has 0 spiro atoms. The molecule has 146 valence electrons. The molecule has 0 radical (unpaired) electrons. The lowest BCUT2D eigenvalue weighted by molar-refractivity contribution is -0.119. The quantitative estimate of drug-likeness (QED) is 0.774. The Balaban J connectivity index is 1.40. The molecule has 2 aliphatic heterocycles. The highest BCUT2D eigenvalue weighted by atomic mass is 32.1. The summed E-state index contributed by atoms with van der Waals surface area (Å²) in [6.07, 6.45) is 3.66. The van der Waals surface area contributed by atoms with E-state index >= 15 is 0 Å². The minimum Gasteiger partial charge on any atom is -0.299 e. The number of anilines is 1. The third kappa shape index (κ3) is 3.55. The summed E-state index contributed by atoms with van der Waals surface area (Å²) in [5.41, 5.74) is 0.652. The third-order valence-electron chi connectivity index (χ3n) is 5.10. The van der Waals surface area contributed by atoms with Crippen molar-refractivity contribution in [2.24, 2.45) is 0 Å². The maximum Gasteiger partial charge on any atom is 0.262 e. The van der Waals surface area contributed by atoms with Gasteiger partial charge in [0.1, 0.15) is 11.0 Å². The molecule has 1 atom stereocenters. The van der Waals surface area contributed by atoms with Crippen LogP contribution in [0, 0.1) is 0 Å². The molecule has 0 aliphatic carbocycles. The first-order valence-electron chi connectivity index (χ1n) is 9.37. The predicted octanol–water partition coefficient (Wildman–Crippen LogP) is 2.15. The van der Waals surface area contributed by atoms with E-state index in [4.69, 9.17) is 0 Å². The number of imide groups is 1. The Hall–Kier alpha value is -2.65. The van der Waals surface area contributed by atoms with Crippen molar-refractivity contribution in [1.29, 1.82) is 0 Å². The van der Waals surface area contributed by atoms with Crippen molar-refractivity contribution in [3.63, 3.8) is 0 Å². The number of carbonyl (C=O) groups is 3. The van der Waals surface area contributed by atoms with Gasteiger partial charge in [0.2, 0.25) is 11.0 Å². The molecule has 1 N–H and O–H groups in total. The number of aromatic nitrogens is 2. The molecule has 28 heavy (non-hydrogen) atoms. The van der Waals surface area contributed by atoms with E-state index in [1.807, 2.05) is 0 Å². The van der Waals surface area contributed by atoms with Gasteiger partial charge in [0.05, 0.1) is 17.7 Å². The lowest BCUT2D eigenvalue weighted by Gasteiger charge is -2.24. The monoisotopic (exact) mass is 399 g/mol. The van der Waals surface area contributed by atoms with Crippen molar-refractivity contribution < 1.29 is 14.4 Å². The number of carbonyl (C=O) groups excluding carboxylic acids is 3. The van der Waals surface area contributed by atoms with E-state index < -0.39 is 23.8 Å². The van der Waals surface area contributed by atoms with E-state index in [0.717, 1.165) is 29.5 Å². The van der Waals surface area contributed by atoms with Crippen molar-refractivity contribution in [3.05, 3.63) is 40.4 Å². The van der Waals surface area contributed by atoms with Gasteiger partial charge in [0.15, 0.2) is 0 Å². The predicted molar refractivity (Wildman–Crippen MR) is 104 cm³/mol. The van der Waals surface area contributed by atoms with Crippen molar-refractivity contribution in [1.82, 2.24) is 20.0 Å². The van der Waals surface area contributed by atoms with Crippen LogP contribution in [0.4, 0.5) is 5.13 Å². The number of amides is 3. The van der Waals surface area contributed by atoms with Crippen molar-refractivity contribution >= 4 is 34.2 Å². The molecule has 3 amide bonds. The minimum atomic E-state index is -0.943. The van der Waals surface area contributed by atoms with Gasteiger partial charge in [0.25, 0.3) is 11.8 Å². The molecule has 1 unspecified atom stereocenters. The normalized spacial score (nSPS) is 18.2. The number of nitrogens with zero attached hydrogens (tertiary/aromatic N) is 4. The van der Waals surface area contributed by atoms with E-state index in [1.54, 1.807) is 24.3 Å². The minimum absolute atomic E-state index is 0.326. The van der Waals surface area contributed by atoms with Crippen LogP contribution >= 0.6 is 11.3 Å². The summed E-state index contributed by atoms with van der Waals surface area (Å²) in [5.74, 6) is -1.37. The lowest BCUT2D eigenvalue weighted by atomic mass is 10.1. The van der Waals surface area contributed by atoms with Crippen LogP contribution in [0.3, 0.4) is 0 Å². The largest absolute Gasteiger partial charge is 0.299 e. The Morgan fingerprint density at radius 3 is 2.39 bits per heavy atom. The molecule has 1 aromatic carbocycles. The van der Waals surface area contributed by atoms with E-state index in [1.165, 1.54) is 37.5 Å². The fourth-order valence-corrected chi connectivity index (χ4v) is 4.35. The number of benzene rings is 1.